The van der Waals surface area contributed by atoms with E-state index in [4.69, 9.17) is 0 Å². The summed E-state index contributed by atoms with van der Waals surface area (Å²) >= 11 is 0. The Kier molecular flexibility index (Phi) is 4.97. The number of amides is 1. The van der Waals surface area contributed by atoms with Crippen LogP contribution < -0.4 is 10.6 Å². The number of hydrogen-bond donors (Lipinski definition) is 2. The van der Waals surface area contributed by atoms with Gasteiger partial charge in [0, 0.05) is 11.7 Å². The van der Waals surface area contributed by atoms with E-state index in [0.29, 0.717) is 6.07 Å². The number of anilines is 1. The van der Waals surface area contributed by atoms with Gasteiger partial charge in [-0.3, -0.25) is 4.79 Å². The maximum absolute atomic E-state index is 13.1. The van der Waals surface area contributed by atoms with Crippen LogP contribution in [0.3, 0.4) is 0 Å². The van der Waals surface area contributed by atoms with E-state index in [1.807, 2.05) is 0 Å². The van der Waals surface area contributed by atoms with Crippen LogP contribution in [0, 0.1) is 5.82 Å². The average molecular weight is 292 g/mol. The van der Waals surface area contributed by atoms with Gasteiger partial charge < -0.3 is 10.6 Å². The zero-order valence-electron chi connectivity index (χ0n) is 11.3. The predicted molar refractivity (Wildman–Crippen MR) is 67.8 cm³/mol. The minimum absolute atomic E-state index is 0.0325. The Morgan fingerprint density at radius 1 is 1.20 bits per heavy atom. The zero-order chi connectivity index (χ0) is 15.5. The zero-order valence-corrected chi connectivity index (χ0v) is 11.3. The molecule has 0 aromatic heterocycles. The van der Waals surface area contributed by atoms with Crippen molar-refractivity contribution in [1.82, 2.24) is 5.32 Å². The number of rotatable bonds is 4. The molecule has 0 spiro atoms. The van der Waals surface area contributed by atoms with Gasteiger partial charge in [0.25, 0.3) is 0 Å². The molecule has 0 aliphatic carbocycles. The first-order chi connectivity index (χ1) is 9.11. The molecule has 1 aromatic rings. The number of nitrogens with one attached hydrogen (secondary N) is 2. The summed E-state index contributed by atoms with van der Waals surface area (Å²) in [5.74, 6) is -1.69. The first-order valence-corrected chi connectivity index (χ1v) is 6.05. The van der Waals surface area contributed by atoms with Crippen molar-refractivity contribution in [3.05, 3.63) is 29.6 Å². The van der Waals surface area contributed by atoms with Crippen molar-refractivity contribution in [3.8, 4) is 0 Å². The van der Waals surface area contributed by atoms with Crippen LogP contribution in [-0.2, 0) is 11.0 Å². The highest BCUT2D eigenvalue weighted by molar-refractivity contribution is 5.84. The molecule has 0 fully saturated rings. The van der Waals surface area contributed by atoms with Gasteiger partial charge in [0.15, 0.2) is 0 Å². The molecule has 0 aliphatic heterocycles. The summed E-state index contributed by atoms with van der Waals surface area (Å²) < 4.78 is 50.8. The van der Waals surface area contributed by atoms with E-state index in [1.165, 1.54) is 6.92 Å². The topological polar surface area (TPSA) is 41.1 Å². The van der Waals surface area contributed by atoms with Crippen LogP contribution in [0.1, 0.15) is 26.3 Å². The van der Waals surface area contributed by atoms with Gasteiger partial charge >= 0.3 is 6.18 Å². The Labute approximate surface area is 114 Å². The summed E-state index contributed by atoms with van der Waals surface area (Å²) in [4.78, 5) is 11.6. The minimum atomic E-state index is -4.77. The third kappa shape index (κ3) is 4.40. The molecule has 1 amide bonds. The second-order valence-electron chi connectivity index (χ2n) is 4.72. The fraction of sp³-hybridized carbons (Fsp3) is 0.462. The molecule has 3 nitrogen and oxygen atoms in total. The average Bonchev–Trinajstić information content (AvgIpc) is 2.29. The maximum Gasteiger partial charge on any atom is 0.419 e. The molecule has 112 valence electrons. The second kappa shape index (κ2) is 6.11. The van der Waals surface area contributed by atoms with Crippen molar-refractivity contribution in [2.45, 2.75) is 39.0 Å². The molecule has 2 N–H and O–H groups in total. The fourth-order valence-electron chi connectivity index (χ4n) is 1.56. The van der Waals surface area contributed by atoms with Crippen LogP contribution in [0.15, 0.2) is 18.2 Å². The number of carbonyl (C=O) groups excluding carboxylic acids is 1. The molecule has 20 heavy (non-hydrogen) atoms. The summed E-state index contributed by atoms with van der Waals surface area (Å²) in [5.41, 5.74) is -1.33. The molecule has 0 heterocycles. The summed E-state index contributed by atoms with van der Waals surface area (Å²) in [6.45, 7) is 5.04. The highest BCUT2D eigenvalue weighted by Crippen LogP contribution is 2.33. The van der Waals surface area contributed by atoms with E-state index in [-0.39, 0.29) is 17.6 Å². The number of benzene rings is 1. The van der Waals surface area contributed by atoms with Gasteiger partial charge in [-0.25, -0.2) is 4.39 Å². The minimum Gasteiger partial charge on any atom is -0.374 e. The van der Waals surface area contributed by atoms with Crippen molar-refractivity contribution in [2.24, 2.45) is 0 Å². The summed E-state index contributed by atoms with van der Waals surface area (Å²) in [7, 11) is 0. The van der Waals surface area contributed by atoms with E-state index < -0.39 is 23.6 Å². The van der Waals surface area contributed by atoms with Crippen LogP contribution in [0.5, 0.6) is 0 Å². The molecule has 0 saturated carbocycles. The maximum atomic E-state index is 13.1. The molecule has 0 saturated heterocycles. The molecule has 1 rings (SSSR count). The Morgan fingerprint density at radius 3 is 2.30 bits per heavy atom. The van der Waals surface area contributed by atoms with E-state index in [9.17, 15) is 22.4 Å². The Balaban J connectivity index is 2.86. The van der Waals surface area contributed by atoms with Crippen molar-refractivity contribution in [1.29, 1.82) is 0 Å². The van der Waals surface area contributed by atoms with Gasteiger partial charge in [0.1, 0.15) is 11.9 Å². The molecule has 0 aliphatic rings. The number of carbonyl (C=O) groups is 1. The van der Waals surface area contributed by atoms with E-state index in [0.717, 1.165) is 12.1 Å². The molecule has 0 bridgehead atoms. The van der Waals surface area contributed by atoms with Crippen LogP contribution in [0.4, 0.5) is 23.2 Å². The van der Waals surface area contributed by atoms with Crippen LogP contribution >= 0.6 is 0 Å². The molecule has 1 unspecified atom stereocenters. The van der Waals surface area contributed by atoms with E-state index in [2.05, 4.69) is 10.6 Å². The first kappa shape index (κ1) is 16.3. The van der Waals surface area contributed by atoms with Gasteiger partial charge in [-0.1, -0.05) is 0 Å². The van der Waals surface area contributed by atoms with Crippen LogP contribution in [0.25, 0.3) is 0 Å². The van der Waals surface area contributed by atoms with Gasteiger partial charge in [-0.2, -0.15) is 13.2 Å². The molecular weight excluding hydrogens is 276 g/mol. The molecule has 7 heteroatoms. The third-order valence-electron chi connectivity index (χ3n) is 2.48. The van der Waals surface area contributed by atoms with Crippen LogP contribution in [0.2, 0.25) is 0 Å². The molecular formula is C13H16F4N2O. The summed E-state index contributed by atoms with van der Waals surface area (Å²) in [6, 6.07) is 1.71. The molecule has 1 atom stereocenters. The lowest BCUT2D eigenvalue weighted by Crippen LogP contribution is -2.41. The van der Waals surface area contributed by atoms with E-state index in [1.54, 1.807) is 13.8 Å². The van der Waals surface area contributed by atoms with Gasteiger partial charge in [-0.05, 0) is 39.0 Å². The summed E-state index contributed by atoms with van der Waals surface area (Å²) in [6.07, 6.45) is -4.77. The van der Waals surface area contributed by atoms with Crippen molar-refractivity contribution < 1.29 is 22.4 Å². The fourth-order valence-corrected chi connectivity index (χ4v) is 1.56. The normalized spacial score (nSPS) is 13.2. The number of halogens is 4. The Bertz CT molecular complexity index is 486. The van der Waals surface area contributed by atoms with Gasteiger partial charge in [0.05, 0.1) is 5.56 Å². The SMILES string of the molecule is CC(C)NC(=O)C(C)Nc1ccc(F)c(C(F)(F)F)c1. The highest BCUT2D eigenvalue weighted by Gasteiger charge is 2.34. The third-order valence-corrected chi connectivity index (χ3v) is 2.48. The quantitative estimate of drug-likeness (QED) is 0.837. The lowest BCUT2D eigenvalue weighted by Gasteiger charge is -2.18. The highest BCUT2D eigenvalue weighted by atomic mass is 19.4. The Hall–Kier alpha value is -1.79. The largest absolute Gasteiger partial charge is 0.419 e. The predicted octanol–water partition coefficient (Wildman–Crippen LogP) is 3.17. The monoisotopic (exact) mass is 292 g/mol. The molecule has 1 aromatic carbocycles. The van der Waals surface area contributed by atoms with E-state index >= 15 is 0 Å². The lowest BCUT2D eigenvalue weighted by molar-refractivity contribution is -0.139. The van der Waals surface area contributed by atoms with Crippen LogP contribution in [-0.4, -0.2) is 18.0 Å². The number of hydrogen-bond acceptors (Lipinski definition) is 2. The van der Waals surface area contributed by atoms with Gasteiger partial charge in [-0.15, -0.1) is 0 Å². The Morgan fingerprint density at radius 2 is 1.80 bits per heavy atom. The first-order valence-electron chi connectivity index (χ1n) is 6.05. The number of alkyl halides is 3. The van der Waals surface area contributed by atoms with Gasteiger partial charge in [0.2, 0.25) is 5.91 Å². The lowest BCUT2D eigenvalue weighted by atomic mass is 10.1. The van der Waals surface area contributed by atoms with Crippen molar-refractivity contribution in [3.63, 3.8) is 0 Å². The summed E-state index contributed by atoms with van der Waals surface area (Å²) in [5, 5.41) is 5.23. The standard InChI is InChI=1S/C13H16F4N2O/c1-7(2)18-12(20)8(3)19-9-4-5-11(14)10(6-9)13(15,16)17/h4-8,19H,1-3H3,(H,18,20). The van der Waals surface area contributed by atoms with Crippen molar-refractivity contribution >= 4 is 11.6 Å². The smallest absolute Gasteiger partial charge is 0.374 e. The second-order valence-corrected chi connectivity index (χ2v) is 4.72. The molecule has 0 radical (unpaired) electrons. The van der Waals surface area contributed by atoms with Crippen molar-refractivity contribution in [2.75, 3.05) is 5.32 Å².